The number of thioether (sulfide) groups is 1. The minimum absolute atomic E-state index is 0.00326. The van der Waals surface area contributed by atoms with E-state index in [1.165, 1.54) is 35.2 Å². The smallest absolute Gasteiger partial charge is 0.329 e. The van der Waals surface area contributed by atoms with Gasteiger partial charge in [0.25, 0.3) is 0 Å². The summed E-state index contributed by atoms with van der Waals surface area (Å²) in [6.07, 6.45) is 1.49. The van der Waals surface area contributed by atoms with Gasteiger partial charge in [-0.25, -0.2) is 9.78 Å². The minimum atomic E-state index is -5.05. The molecule has 0 amide bonds. The molecule has 0 spiro atoms. The van der Waals surface area contributed by atoms with Crippen molar-refractivity contribution in [3.63, 3.8) is 0 Å². The predicted molar refractivity (Wildman–Crippen MR) is 112 cm³/mol. The summed E-state index contributed by atoms with van der Waals surface area (Å²) in [6.45, 7) is 0. The van der Waals surface area contributed by atoms with Crippen LogP contribution < -0.4 is 14.3 Å². The molecule has 8 nitrogen and oxygen atoms in total. The molecule has 11 heteroatoms. The normalized spacial score (nSPS) is 16.6. The molecule has 2 aromatic carbocycles. The average molecular weight is 462 g/mol. The Labute approximate surface area is 179 Å². The maximum absolute atomic E-state index is 11.1. The number of fused-ring (bicyclic) bond motifs is 1. The molecule has 1 aromatic heterocycles. The van der Waals surface area contributed by atoms with Crippen LogP contribution in [-0.2, 0) is 22.2 Å². The Morgan fingerprint density at radius 2 is 1.87 bits per heavy atom. The monoisotopic (exact) mass is 462 g/mol. The van der Waals surface area contributed by atoms with Crippen molar-refractivity contribution in [2.24, 2.45) is 4.99 Å². The highest BCUT2D eigenvalue weighted by Crippen LogP contribution is 2.31. The van der Waals surface area contributed by atoms with E-state index >= 15 is 0 Å². The van der Waals surface area contributed by atoms with Crippen molar-refractivity contribution < 1.29 is 28.8 Å². The third kappa shape index (κ3) is 5.08. The van der Waals surface area contributed by atoms with E-state index in [9.17, 15) is 19.1 Å². The predicted octanol–water partition coefficient (Wildman–Crippen LogP) is 2.24. The molecule has 3 aromatic rings. The molecule has 4 rings (SSSR count). The van der Waals surface area contributed by atoms with E-state index in [0.29, 0.717) is 10.8 Å². The number of carboxylic acid groups (broad SMARTS) is 1. The molecule has 30 heavy (non-hydrogen) atoms. The molecule has 2 heterocycles. The number of aromatic nitrogens is 1. The molecule has 0 radical (unpaired) electrons. The van der Waals surface area contributed by atoms with Crippen molar-refractivity contribution in [3.8, 4) is 5.75 Å². The minimum Gasteiger partial charge on any atom is -0.780 e. The van der Waals surface area contributed by atoms with Crippen LogP contribution in [0.5, 0.6) is 5.75 Å². The number of hydrogen-bond donors (Lipinski definition) is 1. The molecule has 1 aliphatic rings. The molecule has 0 saturated carbocycles. The van der Waals surface area contributed by atoms with Gasteiger partial charge in [-0.2, -0.15) is 0 Å². The van der Waals surface area contributed by atoms with Crippen LogP contribution in [-0.4, -0.2) is 32.9 Å². The maximum Gasteiger partial charge on any atom is 0.329 e. The number of aryl methyl sites for hydroxylation is 2. The lowest BCUT2D eigenvalue weighted by molar-refractivity contribution is -0.333. The van der Waals surface area contributed by atoms with Gasteiger partial charge >= 0.3 is 5.97 Å². The molecule has 0 fully saturated rings. The van der Waals surface area contributed by atoms with Crippen LogP contribution in [0, 0.1) is 0 Å². The molecule has 0 unspecified atom stereocenters. The van der Waals surface area contributed by atoms with Gasteiger partial charge in [0.15, 0.2) is 6.04 Å². The van der Waals surface area contributed by atoms with E-state index in [-0.39, 0.29) is 5.75 Å². The second kappa shape index (κ2) is 8.49. The van der Waals surface area contributed by atoms with Gasteiger partial charge in [0.1, 0.15) is 23.6 Å². The fourth-order valence-electron chi connectivity index (χ4n) is 2.97. The van der Waals surface area contributed by atoms with Crippen LogP contribution in [0.1, 0.15) is 16.1 Å². The summed E-state index contributed by atoms with van der Waals surface area (Å²) >= 11 is 2.91. The zero-order valence-corrected chi connectivity index (χ0v) is 17.9. The molecular weight excluding hydrogens is 447 g/mol. The van der Waals surface area contributed by atoms with Gasteiger partial charge in [-0.1, -0.05) is 18.2 Å². The summed E-state index contributed by atoms with van der Waals surface area (Å²) in [7, 11) is -5.05. The number of carboxylic acids is 1. The molecular formula is C19H15N2O6PS2-2. The number of benzene rings is 2. The Morgan fingerprint density at radius 1 is 1.17 bits per heavy atom. The van der Waals surface area contributed by atoms with Crippen molar-refractivity contribution in [3.05, 3.63) is 58.6 Å². The van der Waals surface area contributed by atoms with E-state index in [4.69, 9.17) is 5.11 Å². The van der Waals surface area contributed by atoms with Crippen LogP contribution in [0.4, 0.5) is 0 Å². The second-order valence-corrected chi connectivity index (χ2v) is 9.72. The van der Waals surface area contributed by atoms with Crippen LogP contribution in [0.15, 0.2) is 47.5 Å². The lowest BCUT2D eigenvalue weighted by Crippen LogP contribution is -2.18. The quantitative estimate of drug-likeness (QED) is 0.528. The van der Waals surface area contributed by atoms with Crippen LogP contribution in [0.3, 0.4) is 0 Å². The fraction of sp³-hybridized carbons (Fsp3) is 0.211. The molecule has 0 bridgehead atoms. The van der Waals surface area contributed by atoms with Gasteiger partial charge in [-0.15, -0.1) is 23.1 Å². The Morgan fingerprint density at radius 3 is 2.53 bits per heavy atom. The summed E-state index contributed by atoms with van der Waals surface area (Å²) < 4.78 is 16.0. The lowest BCUT2D eigenvalue weighted by Gasteiger charge is -2.28. The first kappa shape index (κ1) is 21.0. The van der Waals surface area contributed by atoms with E-state index in [1.807, 2.05) is 12.1 Å². The second-order valence-electron chi connectivity index (χ2n) is 6.60. The van der Waals surface area contributed by atoms with Gasteiger partial charge < -0.3 is 24.0 Å². The van der Waals surface area contributed by atoms with E-state index in [0.717, 1.165) is 39.2 Å². The third-order valence-corrected chi connectivity index (χ3v) is 7.06. The standard InChI is InChI=1S/C19H17N2O6PS2/c22-19(23)15-10-29-17(21-15)18-20-14-8-5-12(9-16(14)30-18)2-1-11-3-6-13(7-4-11)27-28(24,25)26/h3-9,15H,1-2,10H2,(H,22,23)(H2,24,25,26)/p-2/t15-/m1/s1. The average Bonchev–Trinajstić information content (AvgIpc) is 3.33. The highest BCUT2D eigenvalue weighted by Gasteiger charge is 2.26. The molecule has 1 aliphatic heterocycles. The number of rotatable bonds is 7. The van der Waals surface area contributed by atoms with Gasteiger partial charge in [0.2, 0.25) is 0 Å². The van der Waals surface area contributed by atoms with Crippen LogP contribution >= 0.6 is 30.9 Å². The number of phosphoric ester groups is 1. The number of aliphatic imine (C=N–C) groups is 1. The zero-order valence-electron chi connectivity index (χ0n) is 15.4. The van der Waals surface area contributed by atoms with E-state index in [1.54, 1.807) is 12.1 Å². The number of nitrogens with zero attached hydrogens (tertiary/aromatic N) is 2. The van der Waals surface area contributed by atoms with Crippen LogP contribution in [0.25, 0.3) is 10.2 Å². The highest BCUT2D eigenvalue weighted by atomic mass is 32.2. The Bertz CT molecular complexity index is 1170. The van der Waals surface area contributed by atoms with E-state index < -0.39 is 19.8 Å². The first-order valence-electron chi connectivity index (χ1n) is 8.91. The number of aliphatic carboxylic acids is 1. The van der Waals surface area contributed by atoms with Crippen molar-refractivity contribution in [1.82, 2.24) is 4.98 Å². The largest absolute Gasteiger partial charge is 0.780 e. The summed E-state index contributed by atoms with van der Waals surface area (Å²) in [5.41, 5.74) is 2.95. The van der Waals surface area contributed by atoms with Crippen molar-refractivity contribution in [1.29, 1.82) is 0 Å². The summed E-state index contributed by atoms with van der Waals surface area (Å²) in [5.74, 6) is -0.490. The summed E-state index contributed by atoms with van der Waals surface area (Å²) in [5, 5.41) is 10.5. The lowest BCUT2D eigenvalue weighted by atomic mass is 10.0. The molecule has 0 aliphatic carbocycles. The van der Waals surface area contributed by atoms with Gasteiger partial charge in [0.05, 0.1) is 10.2 Å². The van der Waals surface area contributed by atoms with Crippen molar-refractivity contribution in [2.45, 2.75) is 18.9 Å². The molecule has 1 atom stereocenters. The zero-order chi connectivity index (χ0) is 21.3. The summed E-state index contributed by atoms with van der Waals surface area (Å²) in [6, 6.07) is 11.7. The summed E-state index contributed by atoms with van der Waals surface area (Å²) in [4.78, 5) is 41.2. The van der Waals surface area contributed by atoms with Gasteiger partial charge in [-0.05, 0) is 48.2 Å². The topological polar surface area (TPSA) is 135 Å². The first-order valence-corrected chi connectivity index (χ1v) is 12.2. The van der Waals surface area contributed by atoms with Gasteiger partial charge in [-0.3, -0.25) is 4.99 Å². The van der Waals surface area contributed by atoms with Gasteiger partial charge in [0, 0.05) is 5.75 Å². The number of phosphoric acid groups is 1. The number of thiazole rings is 1. The SMILES string of the molecule is O=C(O)[C@H]1CSC(c2nc3ccc(CCc4ccc(OP(=O)([O-])[O-])cc4)cc3s2)=N1. The molecule has 156 valence electrons. The maximum atomic E-state index is 11.1. The van der Waals surface area contributed by atoms with Crippen LogP contribution in [0.2, 0.25) is 0 Å². The first-order chi connectivity index (χ1) is 14.3. The molecule has 1 N–H and O–H groups in total. The van der Waals surface area contributed by atoms with Crippen molar-refractivity contribution >= 4 is 52.2 Å². The number of carbonyl (C=O) groups is 1. The van der Waals surface area contributed by atoms with E-state index in [2.05, 4.69) is 20.6 Å². The Hall–Kier alpha value is -2.23. The fourth-order valence-corrected chi connectivity index (χ4v) is 5.47. The Balaban J connectivity index is 1.43. The highest BCUT2D eigenvalue weighted by molar-refractivity contribution is 8.15. The van der Waals surface area contributed by atoms with Crippen molar-refractivity contribution in [2.75, 3.05) is 5.75 Å². The Kier molecular flexibility index (Phi) is 5.95. The number of hydrogen-bond acceptors (Lipinski definition) is 9. The third-order valence-electron chi connectivity index (χ3n) is 4.41. The molecule has 0 saturated heterocycles.